The Labute approximate surface area is 120 Å². The molecule has 0 aliphatic carbocycles. The molecule has 1 aromatic heterocycles. The fraction of sp³-hybridized carbons (Fsp3) is 0.750. The van der Waals surface area contributed by atoms with E-state index in [1.807, 2.05) is 19.0 Å². The lowest BCUT2D eigenvalue weighted by molar-refractivity contribution is 0.391. The Hall–Kier alpha value is -1.14. The van der Waals surface area contributed by atoms with E-state index in [0.717, 1.165) is 19.6 Å². The van der Waals surface area contributed by atoms with Crippen LogP contribution in [0, 0.1) is 0 Å². The smallest absolute Gasteiger partial charge is 0.231 e. The third-order valence-electron chi connectivity index (χ3n) is 2.66. The number of halogens is 1. The summed E-state index contributed by atoms with van der Waals surface area (Å²) in [6.45, 7) is 8.76. The van der Waals surface area contributed by atoms with Crippen LogP contribution in [0.15, 0.2) is 0 Å². The SMILES string of the molecule is CCN(CC)c1nc(Cl)nc(NC(C)CN(C)C)n1. The van der Waals surface area contributed by atoms with Crippen molar-refractivity contribution in [2.24, 2.45) is 0 Å². The van der Waals surface area contributed by atoms with Gasteiger partial charge >= 0.3 is 0 Å². The Kier molecular flexibility index (Phi) is 6.24. The minimum absolute atomic E-state index is 0.219. The molecule has 19 heavy (non-hydrogen) atoms. The van der Waals surface area contributed by atoms with Gasteiger partial charge in [0, 0.05) is 25.7 Å². The van der Waals surface area contributed by atoms with Crippen molar-refractivity contribution in [3.63, 3.8) is 0 Å². The number of nitrogens with zero attached hydrogens (tertiary/aromatic N) is 5. The summed E-state index contributed by atoms with van der Waals surface area (Å²) in [5, 5.41) is 3.46. The first-order valence-corrected chi connectivity index (χ1v) is 6.91. The summed E-state index contributed by atoms with van der Waals surface area (Å²) < 4.78 is 0. The second kappa shape index (κ2) is 7.45. The monoisotopic (exact) mass is 286 g/mol. The maximum absolute atomic E-state index is 5.96. The van der Waals surface area contributed by atoms with Crippen molar-refractivity contribution in [3.05, 3.63) is 5.28 Å². The summed E-state index contributed by atoms with van der Waals surface area (Å²) in [4.78, 5) is 16.8. The van der Waals surface area contributed by atoms with Gasteiger partial charge < -0.3 is 15.1 Å². The molecule has 108 valence electrons. The third-order valence-corrected chi connectivity index (χ3v) is 2.83. The average molecular weight is 287 g/mol. The van der Waals surface area contributed by atoms with Crippen LogP contribution in [0.5, 0.6) is 0 Å². The van der Waals surface area contributed by atoms with Crippen LogP contribution in [0.4, 0.5) is 11.9 Å². The molecule has 0 bridgehead atoms. The highest BCUT2D eigenvalue weighted by Gasteiger charge is 2.12. The van der Waals surface area contributed by atoms with E-state index in [4.69, 9.17) is 11.6 Å². The van der Waals surface area contributed by atoms with Gasteiger partial charge in [-0.1, -0.05) is 0 Å². The maximum atomic E-state index is 5.96. The molecule has 1 aromatic rings. The predicted molar refractivity (Wildman–Crippen MR) is 80.0 cm³/mol. The normalized spacial score (nSPS) is 12.6. The second-order valence-corrected chi connectivity index (χ2v) is 5.05. The van der Waals surface area contributed by atoms with Crippen molar-refractivity contribution in [3.8, 4) is 0 Å². The number of rotatable bonds is 7. The van der Waals surface area contributed by atoms with E-state index in [1.165, 1.54) is 0 Å². The first kappa shape index (κ1) is 15.9. The van der Waals surface area contributed by atoms with E-state index < -0.39 is 0 Å². The van der Waals surface area contributed by atoms with Crippen molar-refractivity contribution >= 4 is 23.5 Å². The Bertz CT molecular complexity index is 394. The van der Waals surface area contributed by atoms with E-state index in [9.17, 15) is 0 Å². The van der Waals surface area contributed by atoms with Crippen LogP contribution in [0.25, 0.3) is 0 Å². The van der Waals surface area contributed by atoms with Gasteiger partial charge in [-0.25, -0.2) is 0 Å². The molecule has 1 unspecified atom stereocenters. The van der Waals surface area contributed by atoms with E-state index in [-0.39, 0.29) is 11.3 Å². The molecule has 1 rings (SSSR count). The van der Waals surface area contributed by atoms with Crippen LogP contribution in [0.2, 0.25) is 5.28 Å². The van der Waals surface area contributed by atoms with Crippen LogP contribution >= 0.6 is 11.6 Å². The number of hydrogen-bond donors (Lipinski definition) is 1. The van der Waals surface area contributed by atoms with Gasteiger partial charge in [0.15, 0.2) is 0 Å². The first-order valence-electron chi connectivity index (χ1n) is 6.54. The highest BCUT2D eigenvalue weighted by molar-refractivity contribution is 6.28. The summed E-state index contributed by atoms with van der Waals surface area (Å²) in [5.41, 5.74) is 0. The lowest BCUT2D eigenvalue weighted by Crippen LogP contribution is -2.31. The van der Waals surface area contributed by atoms with Crippen LogP contribution in [-0.4, -0.2) is 59.6 Å². The molecule has 0 saturated heterocycles. The Morgan fingerprint density at radius 2 is 1.79 bits per heavy atom. The molecular weight excluding hydrogens is 264 g/mol. The molecule has 6 nitrogen and oxygen atoms in total. The van der Waals surface area contributed by atoms with E-state index >= 15 is 0 Å². The molecule has 1 atom stereocenters. The summed E-state index contributed by atoms with van der Waals surface area (Å²) in [6.07, 6.45) is 0. The fourth-order valence-corrected chi connectivity index (χ4v) is 2.02. The van der Waals surface area contributed by atoms with Crippen molar-refractivity contribution in [1.29, 1.82) is 0 Å². The van der Waals surface area contributed by atoms with Crippen molar-refractivity contribution < 1.29 is 0 Å². The molecule has 0 aromatic carbocycles. The lowest BCUT2D eigenvalue weighted by atomic mass is 10.3. The van der Waals surface area contributed by atoms with Gasteiger partial charge in [-0.2, -0.15) is 15.0 Å². The topological polar surface area (TPSA) is 57.2 Å². The summed E-state index contributed by atoms with van der Waals surface area (Å²) >= 11 is 5.96. The zero-order valence-corrected chi connectivity index (χ0v) is 13.1. The zero-order valence-electron chi connectivity index (χ0n) is 12.3. The largest absolute Gasteiger partial charge is 0.350 e. The molecule has 7 heteroatoms. The molecular formula is C12H23ClN6. The minimum atomic E-state index is 0.219. The minimum Gasteiger partial charge on any atom is -0.350 e. The van der Waals surface area contributed by atoms with Gasteiger partial charge in [0.2, 0.25) is 17.2 Å². The van der Waals surface area contributed by atoms with Crippen LogP contribution < -0.4 is 10.2 Å². The van der Waals surface area contributed by atoms with Gasteiger partial charge in [0.25, 0.3) is 0 Å². The van der Waals surface area contributed by atoms with Gasteiger partial charge in [0.1, 0.15) is 0 Å². The van der Waals surface area contributed by atoms with Gasteiger partial charge in [-0.05, 0) is 46.5 Å². The van der Waals surface area contributed by atoms with Gasteiger partial charge in [-0.3, -0.25) is 0 Å². The first-order chi connectivity index (χ1) is 8.96. The third kappa shape index (κ3) is 5.16. The van der Waals surface area contributed by atoms with Crippen molar-refractivity contribution in [2.45, 2.75) is 26.8 Å². The Morgan fingerprint density at radius 1 is 1.16 bits per heavy atom. The van der Waals surface area contributed by atoms with E-state index in [1.54, 1.807) is 0 Å². The molecule has 0 spiro atoms. The average Bonchev–Trinajstić information content (AvgIpc) is 2.28. The predicted octanol–water partition coefficient (Wildman–Crippen LogP) is 1.73. The van der Waals surface area contributed by atoms with Crippen LogP contribution in [0.1, 0.15) is 20.8 Å². The van der Waals surface area contributed by atoms with Crippen LogP contribution in [0.3, 0.4) is 0 Å². The molecule has 0 aliphatic rings. The number of likely N-dealkylation sites (N-methyl/N-ethyl adjacent to an activating group) is 1. The van der Waals surface area contributed by atoms with E-state index in [0.29, 0.717) is 11.9 Å². The molecule has 1 heterocycles. The molecule has 0 fully saturated rings. The summed E-state index contributed by atoms with van der Waals surface area (Å²) in [6, 6.07) is 0.234. The van der Waals surface area contributed by atoms with Gasteiger partial charge in [0.05, 0.1) is 0 Å². The lowest BCUT2D eigenvalue weighted by Gasteiger charge is -2.21. The number of anilines is 2. The highest BCUT2D eigenvalue weighted by Crippen LogP contribution is 2.14. The van der Waals surface area contributed by atoms with Crippen LogP contribution in [-0.2, 0) is 0 Å². The molecule has 0 saturated carbocycles. The number of aromatic nitrogens is 3. The van der Waals surface area contributed by atoms with Crippen molar-refractivity contribution in [1.82, 2.24) is 19.9 Å². The Morgan fingerprint density at radius 3 is 2.32 bits per heavy atom. The van der Waals surface area contributed by atoms with E-state index in [2.05, 4.69) is 45.9 Å². The second-order valence-electron chi connectivity index (χ2n) is 4.71. The standard InChI is InChI=1S/C12H23ClN6/c1-6-19(7-2)12-16-10(13)15-11(17-12)14-9(3)8-18(4)5/h9H,6-8H2,1-5H3,(H,14,15,16,17). The zero-order chi connectivity index (χ0) is 14.4. The Balaban J connectivity index is 2.84. The molecule has 0 radical (unpaired) electrons. The quantitative estimate of drug-likeness (QED) is 0.824. The molecule has 1 N–H and O–H groups in total. The highest BCUT2D eigenvalue weighted by atomic mass is 35.5. The van der Waals surface area contributed by atoms with Gasteiger partial charge in [-0.15, -0.1) is 0 Å². The maximum Gasteiger partial charge on any atom is 0.231 e. The number of nitrogens with one attached hydrogen (secondary N) is 1. The summed E-state index contributed by atoms with van der Waals surface area (Å²) in [7, 11) is 4.06. The van der Waals surface area contributed by atoms with Crippen molar-refractivity contribution in [2.75, 3.05) is 43.9 Å². The molecule has 0 aliphatic heterocycles. The fourth-order valence-electron chi connectivity index (χ4n) is 1.87. The number of hydrogen-bond acceptors (Lipinski definition) is 6. The summed E-state index contributed by atoms with van der Waals surface area (Å²) in [5.74, 6) is 1.14. The molecule has 0 amide bonds.